The summed E-state index contributed by atoms with van der Waals surface area (Å²) in [4.78, 5) is 12.6. The average Bonchev–Trinajstić information content (AvgIpc) is 3.36. The van der Waals surface area contributed by atoms with Crippen LogP contribution in [0.2, 0.25) is 0 Å². The van der Waals surface area contributed by atoms with E-state index in [1.54, 1.807) is 6.20 Å². The third-order valence-corrected chi connectivity index (χ3v) is 7.69. The van der Waals surface area contributed by atoms with Crippen LogP contribution in [-0.2, 0) is 27.7 Å². The summed E-state index contributed by atoms with van der Waals surface area (Å²) in [6, 6.07) is 22.1. The molecule has 4 rings (SSSR count). The van der Waals surface area contributed by atoms with Gasteiger partial charge in [-0.1, -0.05) is 48.5 Å². The van der Waals surface area contributed by atoms with E-state index in [4.69, 9.17) is 0 Å². The predicted octanol–water partition coefficient (Wildman–Crippen LogP) is 4.22. The topological polar surface area (TPSA) is 81.1 Å². The molecule has 0 aliphatic heterocycles. The number of carbonyl (C=O) groups is 1. The number of halogens is 1. The molecule has 1 heterocycles. The number of hydrogen-bond acceptors (Lipinski definition) is 4. The van der Waals surface area contributed by atoms with Crippen molar-refractivity contribution in [2.24, 2.45) is 0 Å². The van der Waals surface area contributed by atoms with E-state index in [1.807, 2.05) is 65.5 Å². The molecule has 6 nitrogen and oxygen atoms in total. The van der Waals surface area contributed by atoms with Crippen LogP contribution in [0, 0.1) is 5.82 Å². The molecule has 3 aromatic carbocycles. The Bertz CT molecular complexity index is 1370. The van der Waals surface area contributed by atoms with Crippen molar-refractivity contribution in [3.63, 3.8) is 0 Å². The summed E-state index contributed by atoms with van der Waals surface area (Å²) in [6.07, 6.45) is 3.65. The van der Waals surface area contributed by atoms with Crippen LogP contribution in [0.3, 0.4) is 0 Å². The zero-order valence-electron chi connectivity index (χ0n) is 18.6. The van der Waals surface area contributed by atoms with Gasteiger partial charge in [0.05, 0.1) is 11.4 Å². The Morgan fingerprint density at radius 2 is 1.71 bits per heavy atom. The van der Waals surface area contributed by atoms with Gasteiger partial charge in [-0.15, -0.1) is 0 Å². The molecule has 0 aliphatic rings. The molecule has 0 radical (unpaired) electrons. The lowest BCUT2D eigenvalue weighted by atomic mass is 9.98. The van der Waals surface area contributed by atoms with Crippen molar-refractivity contribution in [1.29, 1.82) is 0 Å². The second kappa shape index (κ2) is 10.0. The summed E-state index contributed by atoms with van der Waals surface area (Å²) >= 11 is 0. The van der Waals surface area contributed by atoms with Crippen molar-refractivity contribution in [1.82, 2.24) is 15.1 Å². The second-order valence-electron chi connectivity index (χ2n) is 7.92. The number of carbonyl (C=O) groups excluding carboxylic acids is 1. The van der Waals surface area contributed by atoms with Gasteiger partial charge in [-0.3, -0.25) is 9.48 Å². The molecule has 1 aromatic heterocycles. The van der Waals surface area contributed by atoms with Gasteiger partial charge in [-0.05, 0) is 59.5 Å². The minimum Gasteiger partial charge on any atom is -0.351 e. The van der Waals surface area contributed by atoms with Crippen molar-refractivity contribution in [2.45, 2.75) is 30.2 Å². The van der Waals surface area contributed by atoms with Gasteiger partial charge in [0.1, 0.15) is 11.1 Å². The Balaban J connectivity index is 1.46. The fraction of sp³-hybridized carbons (Fsp3) is 0.154. The lowest BCUT2D eigenvalue weighted by molar-refractivity contribution is -0.120. The number of rotatable bonds is 8. The summed E-state index contributed by atoms with van der Waals surface area (Å²) in [7, 11) is -3.93. The molecule has 0 saturated carbocycles. The molecule has 0 spiro atoms. The highest BCUT2D eigenvalue weighted by Gasteiger charge is 2.29. The molecule has 1 atom stereocenters. The molecule has 0 fully saturated rings. The molecule has 0 bridgehead atoms. The third-order valence-electron chi connectivity index (χ3n) is 5.62. The maximum absolute atomic E-state index is 13.1. The summed E-state index contributed by atoms with van der Waals surface area (Å²) in [6.45, 7) is 2.18. The van der Waals surface area contributed by atoms with Crippen LogP contribution in [0.25, 0.3) is 11.1 Å². The van der Waals surface area contributed by atoms with Gasteiger partial charge in [-0.25, -0.2) is 12.8 Å². The van der Waals surface area contributed by atoms with Gasteiger partial charge < -0.3 is 5.32 Å². The smallest absolute Gasteiger partial charge is 0.238 e. The zero-order chi connectivity index (χ0) is 24.1. The van der Waals surface area contributed by atoms with Crippen molar-refractivity contribution in [3.8, 4) is 11.1 Å². The number of aromatic nitrogens is 2. The lowest BCUT2D eigenvalue weighted by Gasteiger charge is -2.15. The van der Waals surface area contributed by atoms with E-state index < -0.39 is 26.8 Å². The van der Waals surface area contributed by atoms with Gasteiger partial charge in [0.25, 0.3) is 0 Å². The van der Waals surface area contributed by atoms with Crippen LogP contribution < -0.4 is 5.32 Å². The number of benzene rings is 3. The first kappa shape index (κ1) is 23.4. The van der Waals surface area contributed by atoms with Gasteiger partial charge in [0.15, 0.2) is 9.84 Å². The number of amides is 1. The highest BCUT2D eigenvalue weighted by atomic mass is 32.2. The monoisotopic (exact) mass is 477 g/mol. The van der Waals surface area contributed by atoms with E-state index in [0.29, 0.717) is 6.54 Å². The Kier molecular flexibility index (Phi) is 6.88. The van der Waals surface area contributed by atoms with E-state index in [0.717, 1.165) is 34.4 Å². The normalized spacial score (nSPS) is 12.3. The van der Waals surface area contributed by atoms with Crippen molar-refractivity contribution >= 4 is 15.7 Å². The Hall–Kier alpha value is -3.78. The fourth-order valence-electron chi connectivity index (χ4n) is 3.62. The van der Waals surface area contributed by atoms with Gasteiger partial charge >= 0.3 is 0 Å². The van der Waals surface area contributed by atoms with Crippen LogP contribution in [0.5, 0.6) is 0 Å². The minimum atomic E-state index is -3.93. The first-order chi connectivity index (χ1) is 16.3. The van der Waals surface area contributed by atoms with Crippen LogP contribution in [0.15, 0.2) is 96.2 Å². The van der Waals surface area contributed by atoms with Crippen LogP contribution in [0.1, 0.15) is 18.1 Å². The van der Waals surface area contributed by atoms with E-state index in [1.165, 1.54) is 19.1 Å². The van der Waals surface area contributed by atoms with Crippen LogP contribution in [0.4, 0.5) is 4.39 Å². The molecule has 174 valence electrons. The molecule has 0 unspecified atom stereocenters. The summed E-state index contributed by atoms with van der Waals surface area (Å²) in [5, 5.41) is 5.64. The first-order valence-corrected chi connectivity index (χ1v) is 12.3. The van der Waals surface area contributed by atoms with E-state index in [2.05, 4.69) is 10.4 Å². The van der Waals surface area contributed by atoms with Crippen molar-refractivity contribution in [2.75, 3.05) is 0 Å². The first-order valence-electron chi connectivity index (χ1n) is 10.8. The molecular formula is C26H24FN3O3S. The Morgan fingerprint density at radius 3 is 2.38 bits per heavy atom. The number of nitrogens with one attached hydrogen (secondary N) is 1. The summed E-state index contributed by atoms with van der Waals surface area (Å²) in [5.74, 6) is -1.16. The fourth-order valence-corrected chi connectivity index (χ4v) is 4.91. The highest BCUT2D eigenvalue weighted by molar-refractivity contribution is 7.92. The predicted molar refractivity (Wildman–Crippen MR) is 128 cm³/mol. The van der Waals surface area contributed by atoms with Crippen molar-refractivity contribution < 1.29 is 17.6 Å². The maximum Gasteiger partial charge on any atom is 0.238 e. The number of nitrogens with zero attached hydrogens (tertiary/aromatic N) is 2. The molecule has 0 aliphatic carbocycles. The minimum absolute atomic E-state index is 0.0906. The lowest BCUT2D eigenvalue weighted by Crippen LogP contribution is -2.37. The van der Waals surface area contributed by atoms with Crippen LogP contribution >= 0.6 is 0 Å². The van der Waals surface area contributed by atoms with Crippen molar-refractivity contribution in [3.05, 3.63) is 108 Å². The molecule has 34 heavy (non-hydrogen) atoms. The van der Waals surface area contributed by atoms with E-state index >= 15 is 0 Å². The van der Waals surface area contributed by atoms with Gasteiger partial charge in [0, 0.05) is 18.9 Å². The standard InChI is InChI=1S/C26H24FN3O3S/c1-19(34(32,33)24-13-11-23(27)12-14-24)26(31)28-17-22-5-2-3-6-25(22)21-9-7-20(8-10-21)18-30-16-4-15-29-30/h2-16,19H,17-18H2,1H3,(H,28,31)/t19-/m0/s1. The molecule has 8 heteroatoms. The molecule has 0 saturated heterocycles. The molecule has 4 aromatic rings. The van der Waals surface area contributed by atoms with Crippen LogP contribution in [-0.4, -0.2) is 29.4 Å². The average molecular weight is 478 g/mol. The number of hydrogen-bond donors (Lipinski definition) is 1. The number of sulfone groups is 1. The van der Waals surface area contributed by atoms with E-state index in [-0.39, 0.29) is 11.4 Å². The molecule has 1 N–H and O–H groups in total. The Labute approximate surface area is 198 Å². The summed E-state index contributed by atoms with van der Waals surface area (Å²) < 4.78 is 40.5. The largest absolute Gasteiger partial charge is 0.351 e. The Morgan fingerprint density at radius 1 is 1.00 bits per heavy atom. The molecular weight excluding hydrogens is 453 g/mol. The maximum atomic E-state index is 13.1. The SMILES string of the molecule is C[C@@H](C(=O)NCc1ccccc1-c1ccc(Cn2cccn2)cc1)S(=O)(=O)c1ccc(F)cc1. The van der Waals surface area contributed by atoms with E-state index in [9.17, 15) is 17.6 Å². The second-order valence-corrected chi connectivity index (χ2v) is 10.2. The quantitative estimate of drug-likeness (QED) is 0.386. The third kappa shape index (κ3) is 5.23. The van der Waals surface area contributed by atoms with Gasteiger partial charge in [-0.2, -0.15) is 5.10 Å². The zero-order valence-corrected chi connectivity index (χ0v) is 19.4. The highest BCUT2D eigenvalue weighted by Crippen LogP contribution is 2.25. The molecule has 1 amide bonds. The summed E-state index contributed by atoms with van der Waals surface area (Å²) in [5.41, 5.74) is 3.91. The van der Waals surface area contributed by atoms with Gasteiger partial charge in [0.2, 0.25) is 5.91 Å².